The van der Waals surface area contributed by atoms with Gasteiger partial charge in [0, 0.05) is 57.7 Å². The molecule has 2 aliphatic rings. The van der Waals surface area contributed by atoms with Gasteiger partial charge in [-0.2, -0.15) is 5.10 Å². The Morgan fingerprint density at radius 2 is 1.70 bits per heavy atom. The quantitative estimate of drug-likeness (QED) is 0.758. The van der Waals surface area contributed by atoms with E-state index in [1.54, 1.807) is 10.9 Å². The lowest BCUT2D eigenvalue weighted by molar-refractivity contribution is -0.132. The molecule has 0 N–H and O–H groups in total. The van der Waals surface area contributed by atoms with E-state index >= 15 is 0 Å². The first-order valence-electron chi connectivity index (χ1n) is 9.37. The van der Waals surface area contributed by atoms with E-state index in [1.807, 2.05) is 24.1 Å². The van der Waals surface area contributed by atoms with Gasteiger partial charge in [-0.3, -0.25) is 9.48 Å². The van der Waals surface area contributed by atoms with Gasteiger partial charge < -0.3 is 19.4 Å². The predicted octanol–water partition coefficient (Wildman–Crippen LogP) is 0.167. The van der Waals surface area contributed by atoms with Crippen molar-refractivity contribution < 1.29 is 9.53 Å². The van der Waals surface area contributed by atoms with E-state index in [0.29, 0.717) is 19.6 Å². The van der Waals surface area contributed by atoms with Crippen LogP contribution in [0.25, 0.3) is 0 Å². The Bertz CT molecular complexity index is 766. The van der Waals surface area contributed by atoms with Crippen molar-refractivity contribution >= 4 is 17.5 Å². The Morgan fingerprint density at radius 3 is 2.33 bits per heavy atom. The molecule has 1 amide bonds. The third kappa shape index (κ3) is 4.19. The monoisotopic (exact) mass is 371 g/mol. The fourth-order valence-corrected chi connectivity index (χ4v) is 3.47. The van der Waals surface area contributed by atoms with Gasteiger partial charge in [-0.05, 0) is 13.0 Å². The van der Waals surface area contributed by atoms with E-state index in [4.69, 9.17) is 4.74 Å². The standard InChI is InChI=1S/C18H25N7O2/c1-15-20-16(13-17(21-15)23-9-11-27-12-10-23)22-5-7-24(8-6-22)18(26)14-25-4-2-3-19-25/h2-4,13H,5-12,14H2,1H3. The average Bonchev–Trinajstić information content (AvgIpc) is 3.21. The molecule has 2 saturated heterocycles. The Morgan fingerprint density at radius 1 is 1.04 bits per heavy atom. The molecule has 0 saturated carbocycles. The molecular weight excluding hydrogens is 346 g/mol. The second kappa shape index (κ2) is 7.91. The number of carbonyl (C=O) groups is 1. The number of piperazine rings is 1. The second-order valence-electron chi connectivity index (χ2n) is 6.80. The van der Waals surface area contributed by atoms with Gasteiger partial charge in [-0.1, -0.05) is 0 Å². The number of carbonyl (C=O) groups excluding carboxylic acids is 1. The summed E-state index contributed by atoms with van der Waals surface area (Å²) >= 11 is 0. The summed E-state index contributed by atoms with van der Waals surface area (Å²) in [5, 5.41) is 4.11. The summed E-state index contributed by atoms with van der Waals surface area (Å²) < 4.78 is 7.09. The maximum atomic E-state index is 12.4. The summed E-state index contributed by atoms with van der Waals surface area (Å²) in [7, 11) is 0. The van der Waals surface area contributed by atoms with Crippen LogP contribution in [-0.2, 0) is 16.1 Å². The highest BCUT2D eigenvalue weighted by Gasteiger charge is 2.23. The third-order valence-electron chi connectivity index (χ3n) is 4.96. The summed E-state index contributed by atoms with van der Waals surface area (Å²) in [5.74, 6) is 2.76. The SMILES string of the molecule is Cc1nc(N2CCOCC2)cc(N2CCN(C(=O)Cn3cccn3)CC2)n1. The van der Waals surface area contributed by atoms with Crippen LogP contribution >= 0.6 is 0 Å². The van der Waals surface area contributed by atoms with Crippen LogP contribution in [-0.4, -0.2) is 83.0 Å². The summed E-state index contributed by atoms with van der Waals surface area (Å²) in [4.78, 5) is 28.0. The number of morpholine rings is 1. The molecule has 0 aromatic carbocycles. The van der Waals surface area contributed by atoms with Gasteiger partial charge in [0.25, 0.3) is 0 Å². The van der Waals surface area contributed by atoms with Crippen molar-refractivity contribution in [2.24, 2.45) is 0 Å². The lowest BCUT2D eigenvalue weighted by atomic mass is 10.3. The zero-order valence-electron chi connectivity index (χ0n) is 15.6. The smallest absolute Gasteiger partial charge is 0.244 e. The van der Waals surface area contributed by atoms with Crippen molar-refractivity contribution in [2.45, 2.75) is 13.5 Å². The lowest BCUT2D eigenvalue weighted by Crippen LogP contribution is -2.50. The van der Waals surface area contributed by atoms with Crippen molar-refractivity contribution in [3.8, 4) is 0 Å². The third-order valence-corrected chi connectivity index (χ3v) is 4.96. The fourth-order valence-electron chi connectivity index (χ4n) is 3.47. The number of nitrogens with zero attached hydrogens (tertiary/aromatic N) is 7. The molecule has 9 nitrogen and oxygen atoms in total. The average molecular weight is 371 g/mol. The molecule has 2 aromatic heterocycles. The molecule has 0 radical (unpaired) electrons. The highest BCUT2D eigenvalue weighted by atomic mass is 16.5. The van der Waals surface area contributed by atoms with E-state index in [2.05, 4.69) is 30.9 Å². The molecule has 0 aliphatic carbocycles. The Kier molecular flexibility index (Phi) is 5.19. The summed E-state index contributed by atoms with van der Waals surface area (Å²) in [6.45, 7) is 8.31. The van der Waals surface area contributed by atoms with E-state index in [-0.39, 0.29) is 5.91 Å². The molecular formula is C18H25N7O2. The second-order valence-corrected chi connectivity index (χ2v) is 6.80. The minimum atomic E-state index is 0.103. The van der Waals surface area contributed by atoms with Crippen LogP contribution in [0, 0.1) is 6.92 Å². The first-order chi connectivity index (χ1) is 13.2. The molecule has 0 atom stereocenters. The van der Waals surface area contributed by atoms with Gasteiger partial charge in [0.05, 0.1) is 13.2 Å². The van der Waals surface area contributed by atoms with Crippen molar-refractivity contribution in [2.75, 3.05) is 62.3 Å². The number of hydrogen-bond donors (Lipinski definition) is 0. The predicted molar refractivity (Wildman–Crippen MR) is 101 cm³/mol. The van der Waals surface area contributed by atoms with Gasteiger partial charge in [-0.15, -0.1) is 0 Å². The summed E-state index contributed by atoms with van der Waals surface area (Å²) in [5.41, 5.74) is 0. The Balaban J connectivity index is 1.39. The molecule has 2 fully saturated rings. The van der Waals surface area contributed by atoms with Crippen LogP contribution in [0.15, 0.2) is 24.5 Å². The van der Waals surface area contributed by atoms with E-state index in [0.717, 1.165) is 56.9 Å². The van der Waals surface area contributed by atoms with Crippen LogP contribution in [0.2, 0.25) is 0 Å². The molecule has 144 valence electrons. The number of aromatic nitrogens is 4. The highest BCUT2D eigenvalue weighted by Crippen LogP contribution is 2.21. The molecule has 0 spiro atoms. The number of hydrogen-bond acceptors (Lipinski definition) is 7. The molecule has 9 heteroatoms. The molecule has 0 unspecified atom stereocenters. The van der Waals surface area contributed by atoms with Crippen LogP contribution in [0.1, 0.15) is 5.82 Å². The fraction of sp³-hybridized carbons (Fsp3) is 0.556. The maximum absolute atomic E-state index is 12.4. The van der Waals surface area contributed by atoms with E-state index in [9.17, 15) is 4.79 Å². The van der Waals surface area contributed by atoms with Crippen LogP contribution in [0.3, 0.4) is 0 Å². The van der Waals surface area contributed by atoms with Gasteiger partial charge >= 0.3 is 0 Å². The molecule has 4 heterocycles. The maximum Gasteiger partial charge on any atom is 0.244 e. The van der Waals surface area contributed by atoms with Gasteiger partial charge in [0.15, 0.2) is 0 Å². The first kappa shape index (κ1) is 17.7. The molecule has 4 rings (SSSR count). The largest absolute Gasteiger partial charge is 0.378 e. The van der Waals surface area contributed by atoms with Crippen LogP contribution < -0.4 is 9.80 Å². The number of ether oxygens (including phenoxy) is 1. The van der Waals surface area contributed by atoms with Crippen LogP contribution in [0.4, 0.5) is 11.6 Å². The zero-order chi connectivity index (χ0) is 18.6. The minimum Gasteiger partial charge on any atom is -0.378 e. The summed E-state index contributed by atoms with van der Waals surface area (Å²) in [6.07, 6.45) is 3.50. The molecule has 2 aliphatic heterocycles. The van der Waals surface area contributed by atoms with Gasteiger partial charge in [0.1, 0.15) is 24.0 Å². The zero-order valence-corrected chi connectivity index (χ0v) is 15.6. The molecule has 2 aromatic rings. The number of rotatable bonds is 4. The van der Waals surface area contributed by atoms with Crippen LogP contribution in [0.5, 0.6) is 0 Å². The molecule has 27 heavy (non-hydrogen) atoms. The Labute approximate surface area is 158 Å². The van der Waals surface area contributed by atoms with E-state index in [1.165, 1.54) is 0 Å². The number of anilines is 2. The number of amides is 1. The normalized spacial score (nSPS) is 18.0. The topological polar surface area (TPSA) is 79.6 Å². The number of aryl methyl sites for hydroxylation is 1. The molecule has 0 bridgehead atoms. The van der Waals surface area contributed by atoms with Gasteiger partial charge in [0.2, 0.25) is 5.91 Å². The van der Waals surface area contributed by atoms with E-state index < -0.39 is 0 Å². The lowest BCUT2D eigenvalue weighted by Gasteiger charge is -2.36. The first-order valence-corrected chi connectivity index (χ1v) is 9.37. The van der Waals surface area contributed by atoms with Crippen molar-refractivity contribution in [1.82, 2.24) is 24.6 Å². The summed E-state index contributed by atoms with van der Waals surface area (Å²) in [6, 6.07) is 3.88. The highest BCUT2D eigenvalue weighted by molar-refractivity contribution is 5.76. The van der Waals surface area contributed by atoms with Crippen molar-refractivity contribution in [3.63, 3.8) is 0 Å². The minimum absolute atomic E-state index is 0.103. The van der Waals surface area contributed by atoms with Gasteiger partial charge in [-0.25, -0.2) is 9.97 Å². The van der Waals surface area contributed by atoms with Crippen molar-refractivity contribution in [3.05, 3.63) is 30.4 Å². The Hall–Kier alpha value is -2.68. The van der Waals surface area contributed by atoms with Crippen molar-refractivity contribution in [1.29, 1.82) is 0 Å².